The van der Waals surface area contributed by atoms with E-state index in [4.69, 9.17) is 0 Å². The van der Waals surface area contributed by atoms with Crippen molar-refractivity contribution in [3.05, 3.63) is 109 Å². The summed E-state index contributed by atoms with van der Waals surface area (Å²) in [5, 5.41) is 198. The van der Waals surface area contributed by atoms with Crippen molar-refractivity contribution in [1.29, 1.82) is 0 Å². The van der Waals surface area contributed by atoms with Gasteiger partial charge in [0.25, 0.3) is 0 Å². The summed E-state index contributed by atoms with van der Waals surface area (Å²) in [7, 11) is 0. The summed E-state index contributed by atoms with van der Waals surface area (Å²) in [6.07, 6.45) is 0. The van der Waals surface area contributed by atoms with Crippen LogP contribution in [0, 0.1) is 0 Å². The topological polar surface area (TPSA) is 364 Å². The summed E-state index contributed by atoms with van der Waals surface area (Å²) in [6.45, 7) is 0. The van der Waals surface area contributed by atoms with Crippen LogP contribution >= 0.6 is 0 Å². The van der Waals surface area contributed by atoms with E-state index >= 15 is 0 Å². The molecule has 0 aliphatic carbocycles. The summed E-state index contributed by atoms with van der Waals surface area (Å²) in [5.41, 5.74) is 3.33. The first-order valence-electron chi connectivity index (χ1n) is 23.5. The van der Waals surface area contributed by atoms with Gasteiger partial charge in [-0.05, 0) is 79.5 Å². The van der Waals surface area contributed by atoms with Gasteiger partial charge in [-0.2, -0.15) is 0 Å². The number of aromatic hydroxyl groups is 18. The number of phenols is 18. The van der Waals surface area contributed by atoms with Crippen LogP contribution in [-0.2, 0) is 0 Å². The van der Waals surface area contributed by atoms with E-state index in [0.29, 0.717) is 27.8 Å². The molecule has 0 bridgehead atoms. The lowest BCUT2D eigenvalue weighted by Gasteiger charge is -2.22. The third-order valence-corrected chi connectivity index (χ3v) is 15.1. The van der Waals surface area contributed by atoms with E-state index in [0.717, 1.165) is 16.3 Å². The molecule has 0 aliphatic rings. The van der Waals surface area contributed by atoms with Gasteiger partial charge in [-0.1, -0.05) is 84.9 Å². The van der Waals surface area contributed by atoms with E-state index < -0.39 is 152 Å². The highest BCUT2D eigenvalue weighted by Gasteiger charge is 2.36. The summed E-state index contributed by atoms with van der Waals surface area (Å²) < 4.78 is 0. The molecule has 0 spiro atoms. The molecular weight excluding hydrogens is 1010 g/mol. The lowest BCUT2D eigenvalue weighted by Crippen LogP contribution is -1.94. The fourth-order valence-corrected chi connectivity index (χ4v) is 11.5. The van der Waals surface area contributed by atoms with Crippen molar-refractivity contribution >= 4 is 75.4 Å². The average Bonchev–Trinajstić information content (AvgIpc) is 3.25. The first-order valence-corrected chi connectivity index (χ1v) is 23.5. The van der Waals surface area contributed by atoms with Crippen LogP contribution in [0.5, 0.6) is 103 Å². The minimum atomic E-state index is -1.20. The minimum absolute atomic E-state index is 0.116. The Morgan fingerprint density at radius 3 is 0.962 bits per heavy atom. The van der Waals surface area contributed by atoms with Gasteiger partial charge >= 0.3 is 0 Å². The van der Waals surface area contributed by atoms with Gasteiger partial charge in [0.05, 0.1) is 32.3 Å². The highest BCUT2D eigenvalue weighted by molar-refractivity contribution is 6.37. The molecule has 0 heterocycles. The summed E-state index contributed by atoms with van der Waals surface area (Å²) in [4.78, 5) is 0. The zero-order valence-corrected chi connectivity index (χ0v) is 39.4. The number of hydrogen-bond donors (Lipinski definition) is 18. The maximum Gasteiger partial charge on any atom is 0.201 e. The Morgan fingerprint density at radius 2 is 0.487 bits per heavy atom. The summed E-state index contributed by atoms with van der Waals surface area (Å²) >= 11 is 0. The molecule has 0 unspecified atom stereocenters. The Morgan fingerprint density at radius 1 is 0.179 bits per heavy atom. The van der Waals surface area contributed by atoms with Gasteiger partial charge in [0, 0.05) is 43.4 Å². The van der Waals surface area contributed by atoms with Crippen LogP contribution < -0.4 is 0 Å². The monoisotopic (exact) mass is 1040 g/mol. The number of phenolic OH excluding ortho intramolecular Hbond substituents is 18. The zero-order chi connectivity index (χ0) is 55.0. The van der Waals surface area contributed by atoms with Crippen molar-refractivity contribution in [3.8, 4) is 159 Å². The maximum atomic E-state index is 11.8. The molecule has 0 saturated carbocycles. The number of fused-ring (bicyclic) bond motifs is 1. The molecule has 78 heavy (non-hydrogen) atoms. The molecule has 0 amide bonds. The quantitative estimate of drug-likeness (QED) is 0.0562. The van der Waals surface area contributed by atoms with E-state index in [1.54, 1.807) is 30.3 Å². The van der Waals surface area contributed by atoms with Gasteiger partial charge in [-0.25, -0.2) is 0 Å². The Labute approximate surface area is 434 Å². The fraction of sp³-hybridized carbons (Fsp3) is 0. The Kier molecular flexibility index (Phi) is 9.26. The smallest absolute Gasteiger partial charge is 0.201 e. The molecule has 18 nitrogen and oxygen atoms in total. The normalized spacial score (nSPS) is 12.0. The lowest BCUT2D eigenvalue weighted by atomic mass is 9.85. The van der Waals surface area contributed by atoms with Gasteiger partial charge in [-0.15, -0.1) is 0 Å². The molecule has 18 N–H and O–H groups in total. The summed E-state index contributed by atoms with van der Waals surface area (Å²) in [5.74, 6) is -19.0. The van der Waals surface area contributed by atoms with Crippen LogP contribution in [0.4, 0.5) is 0 Å². The minimum Gasteiger partial charge on any atom is -0.504 e. The van der Waals surface area contributed by atoms with Crippen LogP contribution in [-0.4, -0.2) is 91.9 Å². The SMILES string of the molecule is Oc1c(O)c2c(O)c(O)c3c(O)c(O)c(-c4ccc(-c5cc(-c6cccc(-c7c(O)c(O)c8c(O)c(O)c9c(O)c(O)c(O)c%10c(O)c(O)c7c8c9%10)c6)cc(-c6cccc7ccccc67)c5)cc4)c4c(O)c(O)c(c1O)c2c34. The first kappa shape index (κ1) is 46.4. The van der Waals surface area contributed by atoms with E-state index in [1.807, 2.05) is 60.7 Å². The van der Waals surface area contributed by atoms with Crippen molar-refractivity contribution in [2.75, 3.05) is 0 Å². The van der Waals surface area contributed by atoms with Crippen LogP contribution in [0.1, 0.15) is 0 Å². The summed E-state index contributed by atoms with van der Waals surface area (Å²) in [6, 6.07) is 31.9. The van der Waals surface area contributed by atoms with Crippen molar-refractivity contribution in [2.24, 2.45) is 0 Å². The molecule has 0 radical (unpaired) electrons. The molecule has 384 valence electrons. The van der Waals surface area contributed by atoms with E-state index in [9.17, 15) is 91.9 Å². The predicted octanol–water partition coefficient (Wildman–Crippen LogP) is 11.7. The highest BCUT2D eigenvalue weighted by atomic mass is 16.4. The van der Waals surface area contributed by atoms with Gasteiger partial charge in [0.1, 0.15) is 0 Å². The molecule has 13 aromatic carbocycles. The maximum absolute atomic E-state index is 11.8. The highest BCUT2D eigenvalue weighted by Crippen LogP contribution is 2.66. The second kappa shape index (κ2) is 15.6. The lowest BCUT2D eigenvalue weighted by molar-refractivity contribution is 0.368. The number of benzene rings is 13. The van der Waals surface area contributed by atoms with Gasteiger partial charge in [0.15, 0.2) is 92.0 Å². The standard InChI is InChI=1S/C60H36O18/c61-43-29(35-31-33-39(49(67)45(35)63)55(73)59(77)57(75)41(33)53(71)51(69)37(31)47(43)65)21-13-11-19(12-14-21)24-16-25(18-26(17-24)28-10-4-6-20-5-1-2-9-27(20)28)22-7-3-8-23(15-22)30-36-32-34-40(50(68)46(36)64)56(74)60(78)58(76)42(34)54(72)52(70)38(32)48(66)44(30)62/h1-18,61-78H. The molecule has 13 aromatic rings. The molecule has 0 aromatic heterocycles. The predicted molar refractivity (Wildman–Crippen MR) is 289 cm³/mol. The molecular formula is C60H36O18. The molecule has 13 rings (SSSR count). The second-order valence-corrected chi connectivity index (χ2v) is 19.0. The van der Waals surface area contributed by atoms with Gasteiger partial charge in [-0.3, -0.25) is 0 Å². The van der Waals surface area contributed by atoms with E-state index in [-0.39, 0.29) is 38.4 Å². The molecule has 0 fully saturated rings. The van der Waals surface area contributed by atoms with Crippen molar-refractivity contribution in [2.45, 2.75) is 0 Å². The Hall–Kier alpha value is -11.4. The number of rotatable bonds is 5. The zero-order valence-electron chi connectivity index (χ0n) is 39.4. The van der Waals surface area contributed by atoms with Crippen LogP contribution in [0.3, 0.4) is 0 Å². The van der Waals surface area contributed by atoms with Crippen molar-refractivity contribution < 1.29 is 91.9 Å². The van der Waals surface area contributed by atoms with Crippen LogP contribution in [0.25, 0.3) is 131 Å². The first-order chi connectivity index (χ1) is 37.2. The van der Waals surface area contributed by atoms with E-state index in [1.165, 1.54) is 18.2 Å². The molecule has 0 aliphatic heterocycles. The fourth-order valence-electron chi connectivity index (χ4n) is 11.5. The third kappa shape index (κ3) is 5.73. The van der Waals surface area contributed by atoms with Crippen LogP contribution in [0.2, 0.25) is 0 Å². The van der Waals surface area contributed by atoms with Crippen molar-refractivity contribution in [3.63, 3.8) is 0 Å². The largest absolute Gasteiger partial charge is 0.504 e. The molecule has 18 heteroatoms. The molecule has 0 saturated heterocycles. The van der Waals surface area contributed by atoms with Crippen LogP contribution in [0.15, 0.2) is 109 Å². The Balaban J connectivity index is 1.03. The van der Waals surface area contributed by atoms with E-state index in [2.05, 4.69) is 0 Å². The van der Waals surface area contributed by atoms with Crippen molar-refractivity contribution in [1.82, 2.24) is 0 Å². The average molecular weight is 1040 g/mol. The second-order valence-electron chi connectivity index (χ2n) is 19.0. The van der Waals surface area contributed by atoms with Gasteiger partial charge in [0.2, 0.25) is 11.5 Å². The molecule has 0 atom stereocenters. The Bertz CT molecular complexity index is 4820. The number of hydrogen-bond acceptors (Lipinski definition) is 18. The third-order valence-electron chi connectivity index (χ3n) is 15.1. The van der Waals surface area contributed by atoms with Gasteiger partial charge < -0.3 is 91.9 Å².